The van der Waals surface area contributed by atoms with Gasteiger partial charge in [-0.15, -0.1) is 0 Å². The summed E-state index contributed by atoms with van der Waals surface area (Å²) in [6.07, 6.45) is 0.887. The number of carbonyl (C=O) groups excluding carboxylic acids is 1. The maximum Gasteiger partial charge on any atom is 0.303 e. The third kappa shape index (κ3) is 4.33. The van der Waals surface area contributed by atoms with Crippen LogP contribution in [0.15, 0.2) is 58.3 Å². The molecule has 2 N–H and O–H groups in total. The molecule has 130 valence electrons. The maximum absolute atomic E-state index is 12.1. The van der Waals surface area contributed by atoms with E-state index in [0.29, 0.717) is 25.9 Å². The summed E-state index contributed by atoms with van der Waals surface area (Å²) in [5, 5.41) is 11.4. The minimum absolute atomic E-state index is 0.0569. The zero-order valence-corrected chi connectivity index (χ0v) is 14.6. The van der Waals surface area contributed by atoms with Crippen molar-refractivity contribution in [2.75, 3.05) is 18.0 Å². The Bertz CT molecular complexity index is 733. The lowest BCUT2D eigenvalue weighted by atomic mass is 10.2. The first-order chi connectivity index (χ1) is 12.1. The molecule has 25 heavy (non-hydrogen) atoms. The number of anilines is 2. The predicted octanol–water partition coefficient (Wildman–Crippen LogP) is 3.66. The van der Waals surface area contributed by atoms with Gasteiger partial charge in [-0.1, -0.05) is 36.0 Å². The van der Waals surface area contributed by atoms with E-state index in [2.05, 4.69) is 34.5 Å². The third-order valence-electron chi connectivity index (χ3n) is 3.98. The zero-order chi connectivity index (χ0) is 17.6. The SMILES string of the molecule is O=C(O)CCCNC(=O)CCN1c2ccccc2Sc2ccccc21. The average molecular weight is 356 g/mol. The smallest absolute Gasteiger partial charge is 0.303 e. The standard InChI is InChI=1S/C19H20N2O3S/c22-18(20-12-5-10-19(23)24)11-13-21-14-6-1-3-8-16(14)25-17-9-4-2-7-15(17)21/h1-4,6-9H,5,10-13H2,(H,20,22)(H,23,24). The molecule has 0 unspecified atom stereocenters. The van der Waals surface area contributed by atoms with Crippen LogP contribution < -0.4 is 10.2 Å². The highest BCUT2D eigenvalue weighted by Crippen LogP contribution is 2.47. The molecule has 0 aliphatic carbocycles. The molecule has 0 radical (unpaired) electrons. The fraction of sp³-hybridized carbons (Fsp3) is 0.263. The van der Waals surface area contributed by atoms with Gasteiger partial charge in [-0.25, -0.2) is 0 Å². The summed E-state index contributed by atoms with van der Waals surface area (Å²) < 4.78 is 0. The van der Waals surface area contributed by atoms with E-state index < -0.39 is 5.97 Å². The van der Waals surface area contributed by atoms with Gasteiger partial charge in [0, 0.05) is 35.7 Å². The van der Waals surface area contributed by atoms with Crippen molar-refractivity contribution in [3.05, 3.63) is 48.5 Å². The Hall–Kier alpha value is -2.47. The molecular formula is C19H20N2O3S. The van der Waals surface area contributed by atoms with Crippen LogP contribution in [0, 0.1) is 0 Å². The van der Waals surface area contributed by atoms with Crippen LogP contribution in [-0.4, -0.2) is 30.1 Å². The molecule has 1 aliphatic heterocycles. The fourth-order valence-corrected chi connectivity index (χ4v) is 3.89. The summed E-state index contributed by atoms with van der Waals surface area (Å²) in [6.45, 7) is 0.980. The highest BCUT2D eigenvalue weighted by molar-refractivity contribution is 7.99. The van der Waals surface area contributed by atoms with Crippen molar-refractivity contribution in [1.29, 1.82) is 0 Å². The van der Waals surface area contributed by atoms with Crippen molar-refractivity contribution >= 4 is 35.0 Å². The topological polar surface area (TPSA) is 69.6 Å². The first-order valence-corrected chi connectivity index (χ1v) is 9.09. The van der Waals surface area contributed by atoms with E-state index in [4.69, 9.17) is 5.11 Å². The molecule has 5 nitrogen and oxygen atoms in total. The normalized spacial score (nSPS) is 12.2. The number of fused-ring (bicyclic) bond motifs is 2. The molecule has 0 spiro atoms. The molecule has 1 heterocycles. The lowest BCUT2D eigenvalue weighted by Crippen LogP contribution is -2.30. The number of nitrogens with one attached hydrogen (secondary N) is 1. The summed E-state index contributed by atoms with van der Waals surface area (Å²) in [4.78, 5) is 27.1. The monoisotopic (exact) mass is 356 g/mol. The van der Waals surface area contributed by atoms with Crippen LogP contribution in [0.2, 0.25) is 0 Å². The highest BCUT2D eigenvalue weighted by Gasteiger charge is 2.22. The van der Waals surface area contributed by atoms with Gasteiger partial charge in [0.05, 0.1) is 11.4 Å². The molecule has 2 aromatic carbocycles. The Balaban J connectivity index is 1.64. The molecule has 0 bridgehead atoms. The Morgan fingerprint density at radius 3 is 2.16 bits per heavy atom. The van der Waals surface area contributed by atoms with E-state index in [1.54, 1.807) is 11.8 Å². The van der Waals surface area contributed by atoms with Gasteiger partial charge in [-0.2, -0.15) is 0 Å². The van der Waals surface area contributed by atoms with Gasteiger partial charge in [-0.3, -0.25) is 9.59 Å². The van der Waals surface area contributed by atoms with Crippen LogP contribution in [0.4, 0.5) is 11.4 Å². The van der Waals surface area contributed by atoms with Crippen LogP contribution in [0.1, 0.15) is 19.3 Å². The number of amides is 1. The Kier molecular flexibility index (Phi) is 5.60. The quantitative estimate of drug-likeness (QED) is 0.741. The molecule has 0 aromatic heterocycles. The van der Waals surface area contributed by atoms with E-state index >= 15 is 0 Å². The number of benzene rings is 2. The van der Waals surface area contributed by atoms with Crippen LogP contribution >= 0.6 is 11.8 Å². The van der Waals surface area contributed by atoms with Crippen molar-refractivity contribution < 1.29 is 14.7 Å². The van der Waals surface area contributed by atoms with Gasteiger partial charge in [0.2, 0.25) is 5.91 Å². The van der Waals surface area contributed by atoms with Crippen LogP contribution in [0.3, 0.4) is 0 Å². The molecule has 6 heteroatoms. The van der Waals surface area contributed by atoms with Crippen LogP contribution in [-0.2, 0) is 9.59 Å². The average Bonchev–Trinajstić information content (AvgIpc) is 2.62. The summed E-state index contributed by atoms with van der Waals surface area (Å²) in [6, 6.07) is 16.4. The van der Waals surface area contributed by atoms with E-state index in [-0.39, 0.29) is 12.3 Å². The minimum atomic E-state index is -0.840. The number of carbonyl (C=O) groups is 2. The molecular weight excluding hydrogens is 336 g/mol. The van der Waals surface area contributed by atoms with Crippen molar-refractivity contribution in [2.45, 2.75) is 29.1 Å². The summed E-state index contributed by atoms with van der Waals surface area (Å²) in [5.74, 6) is -0.896. The van der Waals surface area contributed by atoms with Gasteiger partial charge in [0.1, 0.15) is 0 Å². The molecule has 1 amide bonds. The van der Waals surface area contributed by atoms with E-state index in [1.807, 2.05) is 24.3 Å². The van der Waals surface area contributed by atoms with Crippen LogP contribution in [0.5, 0.6) is 0 Å². The minimum Gasteiger partial charge on any atom is -0.481 e. The Labute approximate surface area is 151 Å². The lowest BCUT2D eigenvalue weighted by Gasteiger charge is -2.32. The van der Waals surface area contributed by atoms with Crippen LogP contribution in [0.25, 0.3) is 0 Å². The van der Waals surface area contributed by atoms with Gasteiger partial charge in [-0.05, 0) is 30.7 Å². The van der Waals surface area contributed by atoms with E-state index in [1.165, 1.54) is 9.79 Å². The number of rotatable bonds is 7. The van der Waals surface area contributed by atoms with E-state index in [9.17, 15) is 9.59 Å². The van der Waals surface area contributed by atoms with Crippen molar-refractivity contribution in [2.24, 2.45) is 0 Å². The van der Waals surface area contributed by atoms with Gasteiger partial charge < -0.3 is 15.3 Å². The van der Waals surface area contributed by atoms with Gasteiger partial charge >= 0.3 is 5.97 Å². The molecule has 0 fully saturated rings. The van der Waals surface area contributed by atoms with Gasteiger partial charge in [0.15, 0.2) is 0 Å². The molecule has 2 aromatic rings. The van der Waals surface area contributed by atoms with E-state index in [0.717, 1.165) is 11.4 Å². The van der Waals surface area contributed by atoms with Gasteiger partial charge in [0.25, 0.3) is 0 Å². The molecule has 0 atom stereocenters. The number of hydrogen-bond acceptors (Lipinski definition) is 4. The number of para-hydroxylation sites is 2. The van der Waals surface area contributed by atoms with Crippen molar-refractivity contribution in [3.8, 4) is 0 Å². The lowest BCUT2D eigenvalue weighted by molar-refractivity contribution is -0.137. The number of carboxylic acids is 1. The molecule has 1 aliphatic rings. The molecule has 3 rings (SSSR count). The highest BCUT2D eigenvalue weighted by atomic mass is 32.2. The Morgan fingerprint density at radius 2 is 1.56 bits per heavy atom. The Morgan fingerprint density at radius 1 is 0.960 bits per heavy atom. The first-order valence-electron chi connectivity index (χ1n) is 8.27. The summed E-state index contributed by atoms with van der Waals surface area (Å²) in [5.41, 5.74) is 2.23. The summed E-state index contributed by atoms with van der Waals surface area (Å²) >= 11 is 1.74. The van der Waals surface area contributed by atoms with Crippen molar-refractivity contribution in [1.82, 2.24) is 5.32 Å². The number of aliphatic carboxylic acids is 1. The second-order valence-corrected chi connectivity index (χ2v) is 6.87. The molecule has 0 saturated carbocycles. The number of nitrogens with zero attached hydrogens (tertiary/aromatic N) is 1. The number of carboxylic acid groups (broad SMARTS) is 1. The summed E-state index contributed by atoms with van der Waals surface area (Å²) in [7, 11) is 0. The second-order valence-electron chi connectivity index (χ2n) is 5.79. The number of hydrogen-bond donors (Lipinski definition) is 2. The first kappa shape index (κ1) is 17.4. The largest absolute Gasteiger partial charge is 0.481 e. The maximum atomic E-state index is 12.1. The fourth-order valence-electron chi connectivity index (χ4n) is 2.79. The second kappa shape index (κ2) is 8.07. The third-order valence-corrected chi connectivity index (χ3v) is 5.11. The zero-order valence-electron chi connectivity index (χ0n) is 13.8. The predicted molar refractivity (Wildman–Crippen MR) is 98.5 cm³/mol. The van der Waals surface area contributed by atoms with Crippen molar-refractivity contribution in [3.63, 3.8) is 0 Å². The molecule has 0 saturated heterocycles.